The first-order chi connectivity index (χ1) is 6.22. The molecule has 0 aliphatic rings. The van der Waals surface area contributed by atoms with Gasteiger partial charge in [-0.3, -0.25) is 0 Å². The molecule has 0 aromatic carbocycles. The van der Waals surface area contributed by atoms with E-state index < -0.39 is 0 Å². The van der Waals surface area contributed by atoms with Crippen molar-refractivity contribution in [2.24, 2.45) is 0 Å². The zero-order chi connectivity index (χ0) is 9.68. The van der Waals surface area contributed by atoms with Gasteiger partial charge >= 0.3 is 0 Å². The molecule has 0 saturated carbocycles. The summed E-state index contributed by atoms with van der Waals surface area (Å²) in [6, 6.07) is 2.39. The lowest BCUT2D eigenvalue weighted by atomic mass is 10.2. The molecule has 0 bridgehead atoms. The molecule has 4 heteroatoms. The Morgan fingerprint density at radius 3 is 3.08 bits per heavy atom. The summed E-state index contributed by atoms with van der Waals surface area (Å²) < 4.78 is 0. The van der Waals surface area contributed by atoms with Gasteiger partial charge in [0, 0.05) is 23.7 Å². The minimum atomic E-state index is 0.257. The molecule has 13 heavy (non-hydrogen) atoms. The molecule has 1 aromatic rings. The number of rotatable bonds is 4. The van der Waals surface area contributed by atoms with Crippen LogP contribution in [0.2, 0.25) is 0 Å². The first kappa shape index (κ1) is 10.2. The van der Waals surface area contributed by atoms with E-state index in [0.29, 0.717) is 6.42 Å². The molecule has 0 amide bonds. The summed E-state index contributed by atoms with van der Waals surface area (Å²) in [4.78, 5) is 5.38. The maximum Gasteiger partial charge on any atom is 0.0897 e. The van der Waals surface area contributed by atoms with Crippen LogP contribution in [0.3, 0.4) is 0 Å². The Kier molecular flexibility index (Phi) is 3.87. The van der Waals surface area contributed by atoms with Crippen LogP contribution in [0, 0.1) is 18.3 Å². The lowest BCUT2D eigenvalue weighted by molar-refractivity contribution is 0.560. The smallest absolute Gasteiger partial charge is 0.0897 e. The number of hydrogen-bond donors (Lipinski definition) is 1. The van der Waals surface area contributed by atoms with Gasteiger partial charge in [-0.15, -0.1) is 11.3 Å². The Morgan fingerprint density at radius 2 is 2.54 bits per heavy atom. The normalized spacial score (nSPS) is 12.4. The van der Waals surface area contributed by atoms with Crippen molar-refractivity contribution in [2.75, 3.05) is 0 Å². The van der Waals surface area contributed by atoms with Crippen LogP contribution in [-0.2, 0) is 6.54 Å². The molecule has 1 atom stereocenters. The van der Waals surface area contributed by atoms with E-state index in [2.05, 4.69) is 16.4 Å². The summed E-state index contributed by atoms with van der Waals surface area (Å²) in [6.07, 6.45) is 2.43. The van der Waals surface area contributed by atoms with E-state index in [9.17, 15) is 0 Å². The highest BCUT2D eigenvalue weighted by atomic mass is 32.1. The van der Waals surface area contributed by atoms with Gasteiger partial charge in [-0.25, -0.2) is 4.98 Å². The molecule has 1 N–H and O–H groups in total. The largest absolute Gasteiger partial charge is 0.308 e. The molecule has 0 aliphatic carbocycles. The predicted molar refractivity (Wildman–Crippen MR) is 53.4 cm³/mol. The van der Waals surface area contributed by atoms with E-state index in [0.717, 1.165) is 11.6 Å². The summed E-state index contributed by atoms with van der Waals surface area (Å²) in [5.74, 6) is 0. The third-order valence-electron chi connectivity index (χ3n) is 1.69. The average molecular weight is 195 g/mol. The first-order valence-electron chi connectivity index (χ1n) is 4.24. The van der Waals surface area contributed by atoms with E-state index in [1.54, 1.807) is 11.3 Å². The molecule has 0 radical (unpaired) electrons. The van der Waals surface area contributed by atoms with Gasteiger partial charge in [-0.05, 0) is 13.8 Å². The monoisotopic (exact) mass is 195 g/mol. The van der Waals surface area contributed by atoms with Crippen molar-refractivity contribution < 1.29 is 0 Å². The first-order valence-corrected chi connectivity index (χ1v) is 5.05. The third-order valence-corrected chi connectivity index (χ3v) is 2.60. The fraction of sp³-hybridized carbons (Fsp3) is 0.556. The van der Waals surface area contributed by atoms with Gasteiger partial charge in [0.15, 0.2) is 0 Å². The molecule has 1 rings (SSSR count). The zero-order valence-corrected chi connectivity index (χ0v) is 8.69. The topological polar surface area (TPSA) is 48.7 Å². The number of aryl methyl sites for hydroxylation is 1. The summed E-state index contributed by atoms with van der Waals surface area (Å²) in [6.45, 7) is 4.82. The van der Waals surface area contributed by atoms with Crippen molar-refractivity contribution in [2.45, 2.75) is 32.9 Å². The molecule has 0 spiro atoms. The van der Waals surface area contributed by atoms with Crippen molar-refractivity contribution in [3.8, 4) is 6.07 Å². The average Bonchev–Trinajstić information content (AvgIpc) is 2.49. The van der Waals surface area contributed by atoms with Gasteiger partial charge in [-0.2, -0.15) is 5.26 Å². The molecule has 70 valence electrons. The molecule has 0 saturated heterocycles. The Morgan fingerprint density at radius 1 is 1.77 bits per heavy atom. The number of hydrogen-bond acceptors (Lipinski definition) is 4. The molecule has 1 aromatic heterocycles. The predicted octanol–water partition coefficient (Wildman–Crippen LogP) is 1.84. The van der Waals surface area contributed by atoms with Crippen LogP contribution in [0.4, 0.5) is 0 Å². The summed E-state index contributed by atoms with van der Waals surface area (Å²) in [7, 11) is 0. The summed E-state index contributed by atoms with van der Waals surface area (Å²) in [5, 5.41) is 12.8. The maximum absolute atomic E-state index is 8.44. The van der Waals surface area contributed by atoms with Crippen LogP contribution in [-0.4, -0.2) is 11.0 Å². The number of nitriles is 1. The highest BCUT2D eigenvalue weighted by Gasteiger charge is 2.01. The van der Waals surface area contributed by atoms with Gasteiger partial charge in [0.05, 0.1) is 17.5 Å². The minimum Gasteiger partial charge on any atom is -0.308 e. The minimum absolute atomic E-state index is 0.257. The molecule has 3 nitrogen and oxygen atoms in total. The van der Waals surface area contributed by atoms with Crippen LogP contribution in [0.5, 0.6) is 0 Å². The second kappa shape index (κ2) is 4.95. The van der Waals surface area contributed by atoms with Crippen molar-refractivity contribution in [3.63, 3.8) is 0 Å². The Hall–Kier alpha value is -0.920. The Labute approximate surface area is 82.4 Å². The number of thiazole rings is 1. The van der Waals surface area contributed by atoms with Crippen molar-refractivity contribution in [3.05, 3.63) is 16.1 Å². The lowest BCUT2D eigenvalue weighted by Crippen LogP contribution is -2.24. The fourth-order valence-electron chi connectivity index (χ4n) is 0.971. The lowest BCUT2D eigenvalue weighted by Gasteiger charge is -2.07. The highest BCUT2D eigenvalue weighted by molar-refractivity contribution is 7.11. The van der Waals surface area contributed by atoms with Crippen molar-refractivity contribution >= 4 is 11.3 Å². The second-order valence-corrected chi connectivity index (χ2v) is 4.31. The quantitative estimate of drug-likeness (QED) is 0.797. The van der Waals surface area contributed by atoms with Crippen LogP contribution < -0.4 is 5.32 Å². The molecule has 1 unspecified atom stereocenters. The van der Waals surface area contributed by atoms with Crippen molar-refractivity contribution in [1.29, 1.82) is 5.26 Å². The summed E-state index contributed by atoms with van der Waals surface area (Å²) >= 11 is 1.69. The van der Waals surface area contributed by atoms with Crippen molar-refractivity contribution in [1.82, 2.24) is 10.3 Å². The maximum atomic E-state index is 8.44. The Balaban J connectivity index is 2.31. The van der Waals surface area contributed by atoms with E-state index >= 15 is 0 Å². The second-order valence-electron chi connectivity index (χ2n) is 2.99. The molecule has 1 heterocycles. The van der Waals surface area contributed by atoms with Gasteiger partial charge in [-0.1, -0.05) is 0 Å². The number of nitrogens with zero attached hydrogens (tertiary/aromatic N) is 2. The summed E-state index contributed by atoms with van der Waals surface area (Å²) in [5.41, 5.74) is 0. The number of nitrogens with one attached hydrogen (secondary N) is 1. The van der Waals surface area contributed by atoms with Gasteiger partial charge in [0.1, 0.15) is 0 Å². The number of aromatic nitrogens is 1. The third kappa shape index (κ3) is 3.53. The Bertz CT molecular complexity index is 300. The van der Waals surface area contributed by atoms with Gasteiger partial charge < -0.3 is 5.32 Å². The molecule has 0 aliphatic heterocycles. The van der Waals surface area contributed by atoms with E-state index in [4.69, 9.17) is 5.26 Å². The van der Waals surface area contributed by atoms with E-state index in [1.165, 1.54) is 4.88 Å². The zero-order valence-electron chi connectivity index (χ0n) is 7.87. The SMILES string of the molecule is Cc1ncc(CNC(C)CC#N)s1. The highest BCUT2D eigenvalue weighted by Crippen LogP contribution is 2.11. The standard InChI is InChI=1S/C9H13N3S/c1-7(3-4-10)11-5-9-6-12-8(2)13-9/h6-7,11H,3,5H2,1-2H3. The fourth-order valence-corrected chi connectivity index (χ4v) is 1.72. The van der Waals surface area contributed by atoms with Gasteiger partial charge in [0.2, 0.25) is 0 Å². The van der Waals surface area contributed by atoms with Crippen LogP contribution in [0.1, 0.15) is 23.2 Å². The molecule has 0 fully saturated rings. The molecular weight excluding hydrogens is 182 g/mol. The van der Waals surface area contributed by atoms with Crippen LogP contribution in [0.15, 0.2) is 6.20 Å². The molecular formula is C9H13N3S. The van der Waals surface area contributed by atoms with Crippen LogP contribution in [0.25, 0.3) is 0 Å². The van der Waals surface area contributed by atoms with Gasteiger partial charge in [0.25, 0.3) is 0 Å². The van der Waals surface area contributed by atoms with E-state index in [1.807, 2.05) is 20.0 Å². The van der Waals surface area contributed by atoms with Crippen LogP contribution >= 0.6 is 11.3 Å². The van der Waals surface area contributed by atoms with E-state index in [-0.39, 0.29) is 6.04 Å².